The van der Waals surface area contributed by atoms with Crippen LogP contribution in [0.1, 0.15) is 21.5 Å². The fourth-order valence-electron chi connectivity index (χ4n) is 1.23. The smallest absolute Gasteiger partial charge is 0.252 e. The highest BCUT2D eigenvalue weighted by molar-refractivity contribution is 6.67. The van der Waals surface area contributed by atoms with Crippen molar-refractivity contribution in [3.05, 3.63) is 28.8 Å². The first-order valence-electron chi connectivity index (χ1n) is 3.92. The lowest BCUT2D eigenvalue weighted by atomic mass is 10.0. The van der Waals surface area contributed by atoms with Crippen LogP contribution in [0.4, 0.5) is 0 Å². The van der Waals surface area contributed by atoms with Gasteiger partial charge in [-0.2, -0.15) is 0 Å². The number of benzene rings is 1. The summed E-state index contributed by atoms with van der Waals surface area (Å²) in [7, 11) is 1.60. The minimum absolute atomic E-state index is 0.428. The Morgan fingerprint density at radius 2 is 1.92 bits per heavy atom. The molecule has 0 aromatic heterocycles. The second-order valence-corrected chi connectivity index (χ2v) is 3.18. The van der Waals surface area contributed by atoms with Crippen molar-refractivity contribution in [3.63, 3.8) is 0 Å². The molecule has 0 unspecified atom stereocenters. The van der Waals surface area contributed by atoms with Gasteiger partial charge < -0.3 is 4.74 Å². The zero-order valence-corrected chi connectivity index (χ0v) is 8.61. The van der Waals surface area contributed by atoms with Gasteiger partial charge in [0, 0.05) is 5.56 Å². The SMILES string of the molecule is COc1ccc(C(=O)Cl)c(C)c1C. The van der Waals surface area contributed by atoms with E-state index in [2.05, 4.69) is 0 Å². The highest BCUT2D eigenvalue weighted by Gasteiger charge is 2.10. The number of ether oxygens (including phenoxy) is 1. The molecule has 13 heavy (non-hydrogen) atoms. The molecule has 1 rings (SSSR count). The number of halogens is 1. The summed E-state index contributed by atoms with van der Waals surface area (Å²) in [6.45, 7) is 3.75. The van der Waals surface area contributed by atoms with E-state index < -0.39 is 5.24 Å². The summed E-state index contributed by atoms with van der Waals surface area (Å²) in [6.07, 6.45) is 0. The summed E-state index contributed by atoms with van der Waals surface area (Å²) in [6, 6.07) is 3.43. The molecule has 0 spiro atoms. The molecule has 0 saturated heterocycles. The van der Waals surface area contributed by atoms with Crippen LogP contribution < -0.4 is 4.74 Å². The van der Waals surface area contributed by atoms with Crippen molar-refractivity contribution >= 4 is 16.8 Å². The van der Waals surface area contributed by atoms with Crippen LogP contribution in [0.15, 0.2) is 12.1 Å². The van der Waals surface area contributed by atoms with Crippen LogP contribution in [-0.2, 0) is 0 Å². The summed E-state index contributed by atoms with van der Waals surface area (Å²) in [5.74, 6) is 0.777. The van der Waals surface area contributed by atoms with Crippen LogP contribution in [0.25, 0.3) is 0 Å². The van der Waals surface area contributed by atoms with E-state index in [-0.39, 0.29) is 0 Å². The van der Waals surface area contributed by atoms with Crippen LogP contribution in [0.2, 0.25) is 0 Å². The van der Waals surface area contributed by atoms with Gasteiger partial charge in [-0.3, -0.25) is 4.79 Å². The zero-order valence-electron chi connectivity index (χ0n) is 7.85. The number of rotatable bonds is 2. The summed E-state index contributed by atoms with van der Waals surface area (Å²) in [5, 5.41) is -0.428. The zero-order chi connectivity index (χ0) is 10.0. The van der Waals surface area contributed by atoms with E-state index in [1.54, 1.807) is 19.2 Å². The topological polar surface area (TPSA) is 26.3 Å². The second-order valence-electron chi connectivity index (χ2n) is 2.84. The van der Waals surface area contributed by atoms with Crippen molar-refractivity contribution in [1.82, 2.24) is 0 Å². The van der Waals surface area contributed by atoms with Crippen molar-refractivity contribution in [1.29, 1.82) is 0 Å². The first-order chi connectivity index (χ1) is 6.07. The molecule has 0 amide bonds. The van der Waals surface area contributed by atoms with Gasteiger partial charge in [-0.25, -0.2) is 0 Å². The molecule has 0 aliphatic rings. The molecule has 3 heteroatoms. The molecule has 2 nitrogen and oxygen atoms in total. The van der Waals surface area contributed by atoms with Crippen molar-refractivity contribution < 1.29 is 9.53 Å². The Labute approximate surface area is 82.5 Å². The van der Waals surface area contributed by atoms with Gasteiger partial charge in [0.05, 0.1) is 7.11 Å². The maximum Gasteiger partial charge on any atom is 0.252 e. The van der Waals surface area contributed by atoms with Crippen LogP contribution in [-0.4, -0.2) is 12.4 Å². The Morgan fingerprint density at radius 1 is 1.31 bits per heavy atom. The first kappa shape index (κ1) is 10.1. The monoisotopic (exact) mass is 198 g/mol. The normalized spacial score (nSPS) is 9.85. The van der Waals surface area contributed by atoms with Gasteiger partial charge in [0.25, 0.3) is 5.24 Å². The molecule has 0 heterocycles. The average molecular weight is 199 g/mol. The van der Waals surface area contributed by atoms with Crippen molar-refractivity contribution in [2.45, 2.75) is 13.8 Å². The third kappa shape index (κ3) is 1.83. The second kappa shape index (κ2) is 3.79. The Hall–Kier alpha value is -1.02. The molecule has 0 saturated carbocycles. The fraction of sp³-hybridized carbons (Fsp3) is 0.300. The van der Waals surface area contributed by atoms with E-state index in [0.717, 1.165) is 16.9 Å². The van der Waals surface area contributed by atoms with Gasteiger partial charge in [-0.1, -0.05) is 0 Å². The molecule has 0 atom stereocenters. The average Bonchev–Trinajstić information content (AvgIpc) is 2.09. The van der Waals surface area contributed by atoms with Crippen LogP contribution >= 0.6 is 11.6 Å². The molecule has 0 aliphatic heterocycles. The number of carbonyl (C=O) groups excluding carboxylic acids is 1. The third-order valence-electron chi connectivity index (χ3n) is 2.17. The van der Waals surface area contributed by atoms with Gasteiger partial charge in [0.2, 0.25) is 0 Å². The first-order valence-corrected chi connectivity index (χ1v) is 4.29. The molecule has 0 N–H and O–H groups in total. The molecule has 0 bridgehead atoms. The highest BCUT2D eigenvalue weighted by atomic mass is 35.5. The van der Waals surface area contributed by atoms with Crippen molar-refractivity contribution in [3.8, 4) is 5.75 Å². The van der Waals surface area contributed by atoms with Crippen molar-refractivity contribution in [2.75, 3.05) is 7.11 Å². The highest BCUT2D eigenvalue weighted by Crippen LogP contribution is 2.24. The van der Waals surface area contributed by atoms with Crippen LogP contribution in [0, 0.1) is 13.8 Å². The maximum absolute atomic E-state index is 10.9. The van der Waals surface area contributed by atoms with Gasteiger partial charge in [-0.05, 0) is 48.7 Å². The van der Waals surface area contributed by atoms with E-state index in [0.29, 0.717) is 5.56 Å². The molecular weight excluding hydrogens is 188 g/mol. The minimum atomic E-state index is -0.428. The molecular formula is C10H11ClO2. The standard InChI is InChI=1S/C10H11ClO2/c1-6-7(2)9(13-3)5-4-8(6)10(11)12/h4-5H,1-3H3. The van der Waals surface area contributed by atoms with Crippen LogP contribution in [0.3, 0.4) is 0 Å². The molecule has 1 aromatic rings. The lowest BCUT2D eigenvalue weighted by molar-refractivity contribution is 0.108. The summed E-state index contributed by atoms with van der Waals surface area (Å²) >= 11 is 5.40. The van der Waals surface area contributed by atoms with Gasteiger partial charge >= 0.3 is 0 Å². The number of methoxy groups -OCH3 is 1. The molecule has 0 fully saturated rings. The lowest BCUT2D eigenvalue weighted by Gasteiger charge is -2.09. The Bertz CT molecular complexity index is 345. The number of hydrogen-bond acceptors (Lipinski definition) is 2. The van der Waals surface area contributed by atoms with E-state index in [4.69, 9.17) is 16.3 Å². The predicted molar refractivity (Wildman–Crippen MR) is 52.7 cm³/mol. The summed E-state index contributed by atoms with van der Waals surface area (Å²) in [4.78, 5) is 10.9. The molecule has 0 radical (unpaired) electrons. The third-order valence-corrected chi connectivity index (χ3v) is 2.37. The van der Waals surface area contributed by atoms with Crippen molar-refractivity contribution in [2.24, 2.45) is 0 Å². The minimum Gasteiger partial charge on any atom is -0.496 e. The maximum atomic E-state index is 10.9. The summed E-state index contributed by atoms with van der Waals surface area (Å²) < 4.78 is 5.11. The Kier molecular flexibility index (Phi) is 2.94. The number of hydrogen-bond donors (Lipinski definition) is 0. The largest absolute Gasteiger partial charge is 0.496 e. The van der Waals surface area contributed by atoms with E-state index in [1.807, 2.05) is 13.8 Å². The Morgan fingerprint density at radius 3 is 2.38 bits per heavy atom. The van der Waals surface area contributed by atoms with E-state index in [1.165, 1.54) is 0 Å². The number of carbonyl (C=O) groups is 1. The molecule has 70 valence electrons. The molecule has 0 aliphatic carbocycles. The fourth-order valence-corrected chi connectivity index (χ4v) is 1.43. The predicted octanol–water partition coefficient (Wildman–Crippen LogP) is 2.69. The van der Waals surface area contributed by atoms with Gasteiger partial charge in [0.15, 0.2) is 0 Å². The summed E-state index contributed by atoms with van der Waals surface area (Å²) in [5.41, 5.74) is 2.37. The molecule has 1 aromatic carbocycles. The van der Waals surface area contributed by atoms with Gasteiger partial charge in [0.1, 0.15) is 5.75 Å². The van der Waals surface area contributed by atoms with E-state index >= 15 is 0 Å². The van der Waals surface area contributed by atoms with E-state index in [9.17, 15) is 4.79 Å². The van der Waals surface area contributed by atoms with Crippen LogP contribution in [0.5, 0.6) is 5.75 Å². The Balaban J connectivity index is 3.31. The van der Waals surface area contributed by atoms with Gasteiger partial charge in [-0.15, -0.1) is 0 Å². The lowest BCUT2D eigenvalue weighted by Crippen LogP contribution is -1.98. The quantitative estimate of drug-likeness (QED) is 0.683.